The lowest BCUT2D eigenvalue weighted by molar-refractivity contribution is -0.145. The number of nitrogens with zero attached hydrogens (tertiary/aromatic N) is 1. The van der Waals surface area contributed by atoms with Crippen LogP contribution in [0.4, 0.5) is 0 Å². The van der Waals surface area contributed by atoms with Crippen molar-refractivity contribution in [3.63, 3.8) is 0 Å². The number of ether oxygens (including phenoxy) is 2. The maximum absolute atomic E-state index is 12.3. The lowest BCUT2D eigenvalue weighted by Gasteiger charge is -2.40. The zero-order valence-electron chi connectivity index (χ0n) is 16.7. The molecule has 0 aromatic rings. The van der Waals surface area contributed by atoms with E-state index >= 15 is 0 Å². The Bertz CT molecular complexity index is 436. The van der Waals surface area contributed by atoms with Crippen molar-refractivity contribution >= 4 is 20.9 Å². The molecule has 1 fully saturated rings. The first-order valence-electron chi connectivity index (χ1n) is 9.26. The van der Waals surface area contributed by atoms with E-state index in [1.165, 1.54) is 7.11 Å². The Labute approximate surface area is 153 Å². The Morgan fingerprint density at radius 1 is 1.32 bits per heavy atom. The van der Waals surface area contributed by atoms with Gasteiger partial charge in [0, 0.05) is 19.6 Å². The predicted octanol–water partition coefficient (Wildman–Crippen LogP) is 2.36. The highest BCUT2D eigenvalue weighted by molar-refractivity contribution is 6.48. The first kappa shape index (κ1) is 22.1. The summed E-state index contributed by atoms with van der Waals surface area (Å²) in [5, 5.41) is 0. The lowest BCUT2D eigenvalue weighted by Crippen LogP contribution is -2.50. The molecule has 0 bridgehead atoms. The molecule has 1 aliphatic rings. The standard InChI is InChI=1S/C18H35NO5Si/c1-18(2,3)17(24-25(5)6)14-9-10-15(20)19(14)11-7-8-12-23-13-16(21)22-4/h14,17,25H,7-13H2,1-6H3/t14-,17?/m1/s1. The second-order valence-corrected chi connectivity index (χ2v) is 10.4. The summed E-state index contributed by atoms with van der Waals surface area (Å²) in [6.45, 7) is 12.1. The average Bonchev–Trinajstić information content (AvgIpc) is 2.87. The Hall–Kier alpha value is -0.923. The smallest absolute Gasteiger partial charge is 0.331 e. The number of hydrogen-bond donors (Lipinski definition) is 0. The SMILES string of the molecule is COC(=O)COCCCCN1C(=O)CC[C@@H]1C(O[SiH](C)C)C(C)(C)C. The van der Waals surface area contributed by atoms with Crippen molar-refractivity contribution in [1.29, 1.82) is 0 Å². The van der Waals surface area contributed by atoms with E-state index in [2.05, 4.69) is 38.6 Å². The van der Waals surface area contributed by atoms with Crippen LogP contribution in [0.15, 0.2) is 0 Å². The summed E-state index contributed by atoms with van der Waals surface area (Å²) >= 11 is 0. The predicted molar refractivity (Wildman–Crippen MR) is 100 cm³/mol. The van der Waals surface area contributed by atoms with E-state index in [1.54, 1.807) is 0 Å². The van der Waals surface area contributed by atoms with Crippen LogP contribution in [0.25, 0.3) is 0 Å². The van der Waals surface area contributed by atoms with Crippen LogP contribution in [0, 0.1) is 5.41 Å². The normalized spacial score (nSPS) is 19.6. The molecule has 6 nitrogen and oxygen atoms in total. The summed E-state index contributed by atoms with van der Waals surface area (Å²) < 4.78 is 16.1. The number of carbonyl (C=O) groups is 2. The number of rotatable bonds is 10. The van der Waals surface area contributed by atoms with Gasteiger partial charge in [-0.15, -0.1) is 0 Å². The van der Waals surface area contributed by atoms with Gasteiger partial charge in [0.25, 0.3) is 0 Å². The third-order valence-corrected chi connectivity index (χ3v) is 5.22. The molecule has 0 aliphatic carbocycles. The van der Waals surface area contributed by atoms with E-state index in [1.807, 2.05) is 4.90 Å². The van der Waals surface area contributed by atoms with Crippen molar-refractivity contribution in [2.45, 2.75) is 71.7 Å². The van der Waals surface area contributed by atoms with Crippen LogP contribution in [0.1, 0.15) is 46.5 Å². The maximum atomic E-state index is 12.3. The summed E-state index contributed by atoms with van der Waals surface area (Å²) in [4.78, 5) is 25.3. The number of esters is 1. The zero-order valence-corrected chi connectivity index (χ0v) is 17.8. The molecule has 25 heavy (non-hydrogen) atoms. The average molecular weight is 374 g/mol. The van der Waals surface area contributed by atoms with Crippen molar-refractivity contribution in [3.8, 4) is 0 Å². The van der Waals surface area contributed by atoms with E-state index in [0.29, 0.717) is 13.0 Å². The van der Waals surface area contributed by atoms with Crippen LogP contribution in [-0.4, -0.2) is 64.8 Å². The molecule has 0 aromatic carbocycles. The topological polar surface area (TPSA) is 65.1 Å². The number of methoxy groups -OCH3 is 1. The summed E-state index contributed by atoms with van der Waals surface area (Å²) in [5.74, 6) is -0.137. The molecular weight excluding hydrogens is 338 g/mol. The fourth-order valence-corrected chi connectivity index (χ4v) is 4.40. The molecule has 2 atom stereocenters. The van der Waals surface area contributed by atoms with E-state index < -0.39 is 9.04 Å². The molecule has 1 saturated heterocycles. The fraction of sp³-hybridized carbons (Fsp3) is 0.889. The van der Waals surface area contributed by atoms with E-state index in [-0.39, 0.29) is 36.0 Å². The molecule has 0 saturated carbocycles. The van der Waals surface area contributed by atoms with Gasteiger partial charge in [-0.2, -0.15) is 0 Å². The minimum absolute atomic E-state index is 0.00836. The summed E-state index contributed by atoms with van der Waals surface area (Å²) in [5.41, 5.74) is 0.00836. The van der Waals surface area contributed by atoms with Crippen LogP contribution in [-0.2, 0) is 23.5 Å². The number of likely N-dealkylation sites (tertiary alicyclic amines) is 1. The Morgan fingerprint density at radius 3 is 2.56 bits per heavy atom. The van der Waals surface area contributed by atoms with Gasteiger partial charge in [-0.1, -0.05) is 20.8 Å². The van der Waals surface area contributed by atoms with Crippen LogP contribution in [0.5, 0.6) is 0 Å². The molecule has 0 N–H and O–H groups in total. The summed E-state index contributed by atoms with van der Waals surface area (Å²) in [6.07, 6.45) is 3.24. The third-order valence-electron chi connectivity index (χ3n) is 4.38. The highest BCUT2D eigenvalue weighted by atomic mass is 28.3. The van der Waals surface area contributed by atoms with Gasteiger partial charge in [0.05, 0.1) is 19.3 Å². The summed E-state index contributed by atoms with van der Waals surface area (Å²) in [6, 6.07) is 0.165. The Balaban J connectivity index is 2.52. The van der Waals surface area contributed by atoms with E-state index in [4.69, 9.17) is 9.16 Å². The monoisotopic (exact) mass is 373 g/mol. The Morgan fingerprint density at radius 2 is 2.00 bits per heavy atom. The highest BCUT2D eigenvalue weighted by Crippen LogP contribution is 2.34. The van der Waals surface area contributed by atoms with Crippen LogP contribution in [0.3, 0.4) is 0 Å². The molecule has 1 unspecified atom stereocenters. The number of carbonyl (C=O) groups excluding carboxylic acids is 2. The van der Waals surface area contributed by atoms with Gasteiger partial charge in [0.1, 0.15) is 6.61 Å². The van der Waals surface area contributed by atoms with Crippen molar-refractivity contribution < 1.29 is 23.5 Å². The third kappa shape index (κ3) is 7.46. The van der Waals surface area contributed by atoms with E-state index in [0.717, 1.165) is 25.8 Å². The van der Waals surface area contributed by atoms with Crippen molar-refractivity contribution in [2.24, 2.45) is 5.41 Å². The van der Waals surface area contributed by atoms with Crippen molar-refractivity contribution in [2.75, 3.05) is 26.9 Å². The van der Waals surface area contributed by atoms with Gasteiger partial charge < -0.3 is 18.8 Å². The van der Waals surface area contributed by atoms with Gasteiger partial charge in [-0.05, 0) is 37.8 Å². The molecule has 1 heterocycles. The first-order valence-corrected chi connectivity index (χ1v) is 12.0. The van der Waals surface area contributed by atoms with Crippen LogP contribution >= 0.6 is 0 Å². The minimum Gasteiger partial charge on any atom is -0.467 e. The molecule has 1 rings (SSSR count). The number of hydrogen-bond acceptors (Lipinski definition) is 5. The minimum atomic E-state index is -1.19. The molecule has 7 heteroatoms. The second-order valence-electron chi connectivity index (χ2n) is 8.00. The zero-order chi connectivity index (χ0) is 19.0. The molecule has 0 spiro atoms. The molecule has 1 amide bonds. The molecule has 1 aliphatic heterocycles. The molecule has 0 aromatic heterocycles. The highest BCUT2D eigenvalue weighted by Gasteiger charge is 2.42. The molecule has 0 radical (unpaired) electrons. The molecular formula is C18H35NO5Si. The van der Waals surface area contributed by atoms with Gasteiger partial charge in [-0.3, -0.25) is 4.79 Å². The summed E-state index contributed by atoms with van der Waals surface area (Å²) in [7, 11) is 0.156. The fourth-order valence-electron chi connectivity index (χ4n) is 3.23. The lowest BCUT2D eigenvalue weighted by atomic mass is 9.84. The van der Waals surface area contributed by atoms with Crippen molar-refractivity contribution in [3.05, 3.63) is 0 Å². The van der Waals surface area contributed by atoms with Crippen LogP contribution < -0.4 is 0 Å². The van der Waals surface area contributed by atoms with Gasteiger partial charge in [0.2, 0.25) is 5.91 Å². The Kier molecular flexibility index (Phi) is 9.10. The van der Waals surface area contributed by atoms with Gasteiger partial charge >= 0.3 is 5.97 Å². The van der Waals surface area contributed by atoms with Crippen LogP contribution in [0.2, 0.25) is 13.1 Å². The number of unbranched alkanes of at least 4 members (excludes halogenated alkanes) is 1. The van der Waals surface area contributed by atoms with Gasteiger partial charge in [0.15, 0.2) is 9.04 Å². The second kappa shape index (κ2) is 10.3. The first-order chi connectivity index (χ1) is 11.7. The maximum Gasteiger partial charge on any atom is 0.331 e. The molecule has 146 valence electrons. The van der Waals surface area contributed by atoms with Gasteiger partial charge in [-0.25, -0.2) is 4.79 Å². The quantitative estimate of drug-likeness (QED) is 0.334. The largest absolute Gasteiger partial charge is 0.467 e. The van der Waals surface area contributed by atoms with E-state index in [9.17, 15) is 9.59 Å². The van der Waals surface area contributed by atoms with Crippen molar-refractivity contribution in [1.82, 2.24) is 4.90 Å². The number of amides is 1.